The number of anilines is 1. The molecular weight excluding hydrogens is 477 g/mol. The molecule has 3 aromatic rings. The lowest BCUT2D eigenvalue weighted by atomic mass is 10.1. The van der Waals surface area contributed by atoms with Crippen molar-refractivity contribution in [3.63, 3.8) is 0 Å². The number of esters is 1. The maximum Gasteiger partial charge on any atom is 0.346 e. The van der Waals surface area contributed by atoms with Crippen LogP contribution < -0.4 is 24.8 Å². The maximum atomic E-state index is 14.3. The van der Waals surface area contributed by atoms with E-state index in [1.54, 1.807) is 33.3 Å². The lowest BCUT2D eigenvalue weighted by molar-refractivity contribution is 0.0596. The first-order valence-corrected chi connectivity index (χ1v) is 11.4. The fourth-order valence-corrected chi connectivity index (χ4v) is 3.90. The molecule has 1 aromatic heterocycles. The standard InChI is InChI=1S/C24H26FN3O6S/c1-5-26-21(29)14-7-9-18(25)16(10-14)13-34-22-20(24(30)33-4)23(35-28-22)27-12-15-6-8-17(31-2)11-19(15)32-3/h6-11,27H,5,12-13H2,1-4H3,(H,26,29). The molecule has 35 heavy (non-hydrogen) atoms. The first-order valence-electron chi connectivity index (χ1n) is 10.6. The van der Waals surface area contributed by atoms with Gasteiger partial charge in [-0.1, -0.05) is 0 Å². The largest absolute Gasteiger partial charge is 0.497 e. The number of halogens is 1. The molecule has 0 radical (unpaired) electrons. The molecule has 0 aliphatic carbocycles. The molecule has 2 N–H and O–H groups in total. The summed E-state index contributed by atoms with van der Waals surface area (Å²) < 4.78 is 39.7. The molecule has 0 aliphatic rings. The molecule has 0 atom stereocenters. The maximum absolute atomic E-state index is 14.3. The summed E-state index contributed by atoms with van der Waals surface area (Å²) in [4.78, 5) is 24.6. The van der Waals surface area contributed by atoms with Crippen molar-refractivity contribution in [2.75, 3.05) is 33.2 Å². The van der Waals surface area contributed by atoms with Crippen LogP contribution >= 0.6 is 11.5 Å². The molecule has 3 rings (SSSR count). The molecule has 0 unspecified atom stereocenters. The van der Waals surface area contributed by atoms with Crippen LogP contribution in [0.25, 0.3) is 0 Å². The number of carbonyl (C=O) groups is 2. The van der Waals surface area contributed by atoms with Gasteiger partial charge < -0.3 is 29.6 Å². The number of benzene rings is 2. The molecule has 0 saturated carbocycles. The highest BCUT2D eigenvalue weighted by molar-refractivity contribution is 7.10. The van der Waals surface area contributed by atoms with Gasteiger partial charge in [0, 0.05) is 35.8 Å². The number of carbonyl (C=O) groups excluding carboxylic acids is 2. The summed E-state index contributed by atoms with van der Waals surface area (Å²) in [6.45, 7) is 2.32. The number of nitrogens with zero attached hydrogens (tertiary/aromatic N) is 1. The van der Waals surface area contributed by atoms with Crippen molar-refractivity contribution < 1.29 is 32.9 Å². The van der Waals surface area contributed by atoms with Gasteiger partial charge in [0.1, 0.15) is 28.9 Å². The minimum Gasteiger partial charge on any atom is -0.497 e. The topological polar surface area (TPSA) is 108 Å². The summed E-state index contributed by atoms with van der Waals surface area (Å²) in [5.74, 6) is -0.267. The van der Waals surface area contributed by atoms with Crippen molar-refractivity contribution in [3.05, 3.63) is 64.5 Å². The molecule has 1 amide bonds. The summed E-state index contributed by atoms with van der Waals surface area (Å²) in [7, 11) is 4.36. The average molecular weight is 504 g/mol. The van der Waals surface area contributed by atoms with E-state index in [1.165, 1.54) is 25.3 Å². The van der Waals surface area contributed by atoms with Crippen LogP contribution in [0.4, 0.5) is 9.39 Å². The van der Waals surface area contributed by atoms with Gasteiger partial charge in [-0.05, 0) is 48.8 Å². The lowest BCUT2D eigenvalue weighted by Gasteiger charge is -2.12. The van der Waals surface area contributed by atoms with E-state index in [1.807, 2.05) is 6.07 Å². The summed E-state index contributed by atoms with van der Waals surface area (Å²) in [5, 5.41) is 6.23. The third kappa shape index (κ3) is 6.18. The van der Waals surface area contributed by atoms with Gasteiger partial charge in [0.25, 0.3) is 5.91 Å². The number of methoxy groups -OCH3 is 3. The Morgan fingerprint density at radius 2 is 1.86 bits per heavy atom. The Hall–Kier alpha value is -3.86. The number of rotatable bonds is 11. The Bertz CT molecular complexity index is 1200. The Morgan fingerprint density at radius 3 is 2.54 bits per heavy atom. The van der Waals surface area contributed by atoms with E-state index in [-0.39, 0.29) is 29.5 Å². The molecule has 2 aromatic carbocycles. The monoisotopic (exact) mass is 503 g/mol. The van der Waals surface area contributed by atoms with Crippen molar-refractivity contribution in [1.82, 2.24) is 9.69 Å². The fraction of sp³-hybridized carbons (Fsp3) is 0.292. The van der Waals surface area contributed by atoms with E-state index in [4.69, 9.17) is 18.9 Å². The van der Waals surface area contributed by atoms with E-state index in [0.29, 0.717) is 35.2 Å². The second-order valence-electron chi connectivity index (χ2n) is 7.17. The molecule has 186 valence electrons. The lowest BCUT2D eigenvalue weighted by Crippen LogP contribution is -2.22. The van der Waals surface area contributed by atoms with Crippen LogP contribution in [0.5, 0.6) is 17.4 Å². The van der Waals surface area contributed by atoms with Gasteiger partial charge in [-0.25, -0.2) is 9.18 Å². The van der Waals surface area contributed by atoms with Gasteiger partial charge in [-0.15, -0.1) is 0 Å². The second-order valence-corrected chi connectivity index (χ2v) is 7.94. The van der Waals surface area contributed by atoms with Gasteiger partial charge in [-0.3, -0.25) is 4.79 Å². The molecule has 0 fully saturated rings. The highest BCUT2D eigenvalue weighted by Gasteiger charge is 2.24. The second kappa shape index (κ2) is 12.0. The summed E-state index contributed by atoms with van der Waals surface area (Å²) in [5.41, 5.74) is 1.36. The number of hydrogen-bond donors (Lipinski definition) is 2. The van der Waals surface area contributed by atoms with Crippen molar-refractivity contribution in [2.24, 2.45) is 0 Å². The molecule has 0 aliphatic heterocycles. The van der Waals surface area contributed by atoms with E-state index in [0.717, 1.165) is 17.1 Å². The van der Waals surface area contributed by atoms with E-state index in [9.17, 15) is 14.0 Å². The van der Waals surface area contributed by atoms with Crippen LogP contribution in [0.2, 0.25) is 0 Å². The Kier molecular flexibility index (Phi) is 8.85. The van der Waals surface area contributed by atoms with Crippen LogP contribution in [0.15, 0.2) is 36.4 Å². The molecular formula is C24H26FN3O6S. The third-order valence-corrected chi connectivity index (χ3v) is 5.78. The number of hydrogen-bond acceptors (Lipinski definition) is 9. The van der Waals surface area contributed by atoms with Crippen molar-refractivity contribution in [1.29, 1.82) is 0 Å². The van der Waals surface area contributed by atoms with E-state index < -0.39 is 11.8 Å². The van der Waals surface area contributed by atoms with Crippen molar-refractivity contribution >= 4 is 28.4 Å². The molecule has 0 spiro atoms. The van der Waals surface area contributed by atoms with E-state index >= 15 is 0 Å². The van der Waals surface area contributed by atoms with Gasteiger partial charge in [-0.2, -0.15) is 4.37 Å². The minimum absolute atomic E-state index is 0.00569. The molecule has 9 nitrogen and oxygen atoms in total. The van der Waals surface area contributed by atoms with Crippen LogP contribution in [-0.2, 0) is 17.9 Å². The molecule has 0 bridgehead atoms. The van der Waals surface area contributed by atoms with E-state index in [2.05, 4.69) is 15.0 Å². The first kappa shape index (κ1) is 25.8. The Labute approximate surface area is 206 Å². The number of ether oxygens (including phenoxy) is 4. The Morgan fingerprint density at radius 1 is 1.06 bits per heavy atom. The summed E-state index contributed by atoms with van der Waals surface area (Å²) in [6, 6.07) is 9.38. The average Bonchev–Trinajstić information content (AvgIpc) is 3.29. The zero-order valence-corrected chi connectivity index (χ0v) is 20.6. The van der Waals surface area contributed by atoms with Crippen molar-refractivity contribution in [2.45, 2.75) is 20.1 Å². The van der Waals surface area contributed by atoms with Gasteiger partial charge in [0.2, 0.25) is 5.88 Å². The molecule has 1 heterocycles. The van der Waals surface area contributed by atoms with Gasteiger partial charge in [0.15, 0.2) is 5.56 Å². The third-order valence-electron chi connectivity index (χ3n) is 4.99. The summed E-state index contributed by atoms with van der Waals surface area (Å²) >= 11 is 1.00. The SMILES string of the molecule is CCNC(=O)c1ccc(F)c(COc2nsc(NCc3ccc(OC)cc3OC)c2C(=O)OC)c1. The smallest absolute Gasteiger partial charge is 0.346 e. The van der Waals surface area contributed by atoms with Crippen molar-refractivity contribution in [3.8, 4) is 17.4 Å². The number of amides is 1. The van der Waals surface area contributed by atoms with Crippen LogP contribution in [0.3, 0.4) is 0 Å². The number of aromatic nitrogens is 1. The molecule has 0 saturated heterocycles. The predicted octanol–water partition coefficient (Wildman–Crippen LogP) is 4.03. The Balaban J connectivity index is 1.79. The van der Waals surface area contributed by atoms with Crippen LogP contribution in [-0.4, -0.2) is 44.1 Å². The molecule has 11 heteroatoms. The van der Waals surface area contributed by atoms with Gasteiger partial charge >= 0.3 is 5.97 Å². The number of nitrogens with one attached hydrogen (secondary N) is 2. The van der Waals surface area contributed by atoms with Crippen LogP contribution in [0.1, 0.15) is 38.8 Å². The summed E-state index contributed by atoms with van der Waals surface area (Å²) in [6.07, 6.45) is 0. The highest BCUT2D eigenvalue weighted by Crippen LogP contribution is 2.33. The zero-order valence-electron chi connectivity index (χ0n) is 19.8. The van der Waals surface area contributed by atoms with Crippen LogP contribution in [0, 0.1) is 5.82 Å². The first-order chi connectivity index (χ1) is 16.9. The predicted molar refractivity (Wildman–Crippen MR) is 129 cm³/mol. The quantitative estimate of drug-likeness (QED) is 0.378. The van der Waals surface area contributed by atoms with Gasteiger partial charge in [0.05, 0.1) is 21.3 Å². The highest BCUT2D eigenvalue weighted by atomic mass is 32.1. The zero-order chi connectivity index (χ0) is 25.4. The fourth-order valence-electron chi connectivity index (χ4n) is 3.19. The normalized spacial score (nSPS) is 10.4. The minimum atomic E-state index is -0.658.